The lowest BCUT2D eigenvalue weighted by molar-refractivity contribution is 0.00241. The number of benzene rings is 1. The number of hydrogen-bond donors (Lipinski definition) is 0. The molecular formula is C15H18N2O3. The highest BCUT2D eigenvalue weighted by atomic mass is 16.5. The second-order valence-electron chi connectivity index (χ2n) is 4.60. The Morgan fingerprint density at radius 2 is 2.25 bits per heavy atom. The van der Waals surface area contributed by atoms with E-state index in [-0.39, 0.29) is 5.78 Å². The average molecular weight is 274 g/mol. The normalized spacial score (nSPS) is 19.3. The first-order chi connectivity index (χ1) is 9.72. The third-order valence-electron chi connectivity index (χ3n) is 3.15. The maximum absolute atomic E-state index is 12.2. The van der Waals surface area contributed by atoms with Gasteiger partial charge in [-0.25, -0.2) is 0 Å². The number of ether oxygens (including phenoxy) is 2. The van der Waals surface area contributed by atoms with Gasteiger partial charge in [0.25, 0.3) is 0 Å². The molecule has 0 aliphatic carbocycles. The molecule has 106 valence electrons. The molecule has 1 aliphatic rings. The summed E-state index contributed by atoms with van der Waals surface area (Å²) in [5.74, 6) is 0.812. The first-order valence-electron chi connectivity index (χ1n) is 6.72. The third-order valence-corrected chi connectivity index (χ3v) is 3.15. The zero-order valence-electron chi connectivity index (χ0n) is 11.5. The highest BCUT2D eigenvalue weighted by Gasteiger charge is 2.22. The van der Waals surface area contributed by atoms with Crippen LogP contribution in [0.2, 0.25) is 0 Å². The number of Topliss-reactive ketones (excluding diaryl/α,β-unsaturated/α-hetero) is 1. The molecule has 0 saturated carbocycles. The number of carbonyl (C=O) groups is 1. The van der Waals surface area contributed by atoms with Gasteiger partial charge < -0.3 is 9.47 Å². The molecule has 1 atom stereocenters. The van der Waals surface area contributed by atoms with Crippen molar-refractivity contribution in [2.75, 3.05) is 32.8 Å². The summed E-state index contributed by atoms with van der Waals surface area (Å²) in [6.07, 6.45) is -0.433. The lowest BCUT2D eigenvalue weighted by atomic mass is 10.1. The Balaban J connectivity index is 1.92. The van der Waals surface area contributed by atoms with Gasteiger partial charge in [0.05, 0.1) is 25.8 Å². The lowest BCUT2D eigenvalue weighted by Crippen LogP contribution is -2.44. The van der Waals surface area contributed by atoms with Gasteiger partial charge in [-0.2, -0.15) is 5.26 Å². The molecule has 2 rings (SSSR count). The largest absolute Gasteiger partial charge is 0.494 e. The summed E-state index contributed by atoms with van der Waals surface area (Å²) >= 11 is 0. The Morgan fingerprint density at radius 1 is 1.50 bits per heavy atom. The van der Waals surface area contributed by atoms with Crippen LogP contribution in [0.15, 0.2) is 24.3 Å². The van der Waals surface area contributed by atoms with Crippen molar-refractivity contribution in [3.8, 4) is 11.8 Å². The van der Waals surface area contributed by atoms with Crippen LogP contribution in [-0.2, 0) is 4.74 Å². The molecule has 0 amide bonds. The molecule has 1 saturated heterocycles. The van der Waals surface area contributed by atoms with Crippen molar-refractivity contribution in [1.82, 2.24) is 4.90 Å². The maximum Gasteiger partial charge on any atom is 0.176 e. The minimum Gasteiger partial charge on any atom is -0.494 e. The molecule has 5 nitrogen and oxygen atoms in total. The standard InChI is InChI=1S/C15H18N2O3/c1-2-19-13-5-3-12(4-6-13)15(18)11-17-7-8-20-14(9-16)10-17/h3-6,14H,2,7-8,10-11H2,1H3. The summed E-state index contributed by atoms with van der Waals surface area (Å²) in [6, 6.07) is 9.22. The Morgan fingerprint density at radius 3 is 2.90 bits per heavy atom. The van der Waals surface area contributed by atoms with Crippen LogP contribution in [0.4, 0.5) is 0 Å². The van der Waals surface area contributed by atoms with Crippen molar-refractivity contribution < 1.29 is 14.3 Å². The number of morpholine rings is 1. The zero-order valence-corrected chi connectivity index (χ0v) is 11.5. The van der Waals surface area contributed by atoms with Crippen molar-refractivity contribution in [1.29, 1.82) is 5.26 Å². The fraction of sp³-hybridized carbons (Fsp3) is 0.467. The van der Waals surface area contributed by atoms with Crippen LogP contribution in [0.25, 0.3) is 0 Å². The molecule has 1 aromatic rings. The van der Waals surface area contributed by atoms with Crippen LogP contribution in [-0.4, -0.2) is 49.6 Å². The molecule has 1 heterocycles. The quantitative estimate of drug-likeness (QED) is 0.761. The van der Waals surface area contributed by atoms with E-state index >= 15 is 0 Å². The summed E-state index contributed by atoms with van der Waals surface area (Å²) in [5.41, 5.74) is 0.661. The van der Waals surface area contributed by atoms with Gasteiger partial charge in [-0.1, -0.05) is 0 Å². The second kappa shape index (κ2) is 7.04. The Bertz CT molecular complexity index is 493. The fourth-order valence-corrected chi connectivity index (χ4v) is 2.12. The van der Waals surface area contributed by atoms with E-state index in [1.807, 2.05) is 11.8 Å². The Hall–Kier alpha value is -1.90. The van der Waals surface area contributed by atoms with E-state index in [9.17, 15) is 4.79 Å². The highest BCUT2D eigenvalue weighted by Crippen LogP contribution is 2.13. The second-order valence-corrected chi connectivity index (χ2v) is 4.60. The molecule has 0 aromatic heterocycles. The fourth-order valence-electron chi connectivity index (χ4n) is 2.12. The SMILES string of the molecule is CCOc1ccc(C(=O)CN2CCOC(C#N)C2)cc1. The Kier molecular flexibility index (Phi) is 5.10. The average Bonchev–Trinajstić information content (AvgIpc) is 2.48. The van der Waals surface area contributed by atoms with Gasteiger partial charge in [-0.05, 0) is 31.2 Å². The molecule has 5 heteroatoms. The molecular weight excluding hydrogens is 256 g/mol. The van der Waals surface area contributed by atoms with Gasteiger partial charge in [-0.15, -0.1) is 0 Å². The summed E-state index contributed by atoms with van der Waals surface area (Å²) in [6.45, 7) is 4.50. The van der Waals surface area contributed by atoms with Gasteiger partial charge in [0, 0.05) is 18.7 Å². The molecule has 1 unspecified atom stereocenters. The van der Waals surface area contributed by atoms with Crippen LogP contribution >= 0.6 is 0 Å². The topological polar surface area (TPSA) is 62.6 Å². The smallest absolute Gasteiger partial charge is 0.176 e. The van der Waals surface area contributed by atoms with E-state index in [1.165, 1.54) is 0 Å². The summed E-state index contributed by atoms with van der Waals surface area (Å²) in [5, 5.41) is 8.84. The lowest BCUT2D eigenvalue weighted by Gasteiger charge is -2.28. The minimum atomic E-state index is -0.433. The van der Waals surface area contributed by atoms with Crippen molar-refractivity contribution in [2.45, 2.75) is 13.0 Å². The summed E-state index contributed by atoms with van der Waals surface area (Å²) in [4.78, 5) is 14.1. The van der Waals surface area contributed by atoms with E-state index in [1.54, 1.807) is 24.3 Å². The van der Waals surface area contributed by atoms with Gasteiger partial charge in [-0.3, -0.25) is 9.69 Å². The number of ketones is 1. The van der Waals surface area contributed by atoms with Crippen LogP contribution in [0.3, 0.4) is 0 Å². The van der Waals surface area contributed by atoms with Crippen molar-refractivity contribution >= 4 is 5.78 Å². The molecule has 0 radical (unpaired) electrons. The maximum atomic E-state index is 12.2. The van der Waals surface area contributed by atoms with Crippen LogP contribution in [0, 0.1) is 11.3 Å². The molecule has 1 aromatic carbocycles. The number of carbonyl (C=O) groups excluding carboxylic acids is 1. The third kappa shape index (κ3) is 3.80. The van der Waals surface area contributed by atoms with Gasteiger partial charge >= 0.3 is 0 Å². The van der Waals surface area contributed by atoms with E-state index in [4.69, 9.17) is 14.7 Å². The van der Waals surface area contributed by atoms with Gasteiger partial charge in [0.2, 0.25) is 0 Å². The monoisotopic (exact) mass is 274 g/mol. The summed E-state index contributed by atoms with van der Waals surface area (Å²) < 4.78 is 10.6. The molecule has 0 bridgehead atoms. The van der Waals surface area contributed by atoms with E-state index < -0.39 is 6.10 Å². The van der Waals surface area contributed by atoms with E-state index in [0.29, 0.717) is 38.4 Å². The molecule has 1 fully saturated rings. The number of nitriles is 1. The first-order valence-corrected chi connectivity index (χ1v) is 6.72. The minimum absolute atomic E-state index is 0.0478. The van der Waals surface area contributed by atoms with Gasteiger partial charge in [0.1, 0.15) is 5.75 Å². The Labute approximate surface area is 118 Å². The molecule has 0 N–H and O–H groups in total. The number of hydrogen-bond acceptors (Lipinski definition) is 5. The van der Waals surface area contributed by atoms with Crippen LogP contribution in [0.1, 0.15) is 17.3 Å². The highest BCUT2D eigenvalue weighted by molar-refractivity contribution is 5.97. The number of rotatable bonds is 5. The van der Waals surface area contributed by atoms with Crippen LogP contribution < -0.4 is 4.74 Å². The van der Waals surface area contributed by atoms with E-state index in [2.05, 4.69) is 6.07 Å². The summed E-state index contributed by atoms with van der Waals surface area (Å²) in [7, 11) is 0. The predicted octanol–water partition coefficient (Wildman–Crippen LogP) is 1.49. The van der Waals surface area contributed by atoms with Gasteiger partial charge in [0.15, 0.2) is 11.9 Å². The zero-order chi connectivity index (χ0) is 14.4. The van der Waals surface area contributed by atoms with Crippen molar-refractivity contribution in [2.24, 2.45) is 0 Å². The van der Waals surface area contributed by atoms with Crippen molar-refractivity contribution in [3.05, 3.63) is 29.8 Å². The molecule has 0 spiro atoms. The predicted molar refractivity (Wildman–Crippen MR) is 73.7 cm³/mol. The van der Waals surface area contributed by atoms with Crippen molar-refractivity contribution in [3.63, 3.8) is 0 Å². The number of nitrogens with zero attached hydrogens (tertiary/aromatic N) is 2. The molecule has 20 heavy (non-hydrogen) atoms. The van der Waals surface area contributed by atoms with E-state index in [0.717, 1.165) is 5.75 Å². The first kappa shape index (κ1) is 14.5. The van der Waals surface area contributed by atoms with Crippen LogP contribution in [0.5, 0.6) is 5.75 Å². The molecule has 1 aliphatic heterocycles.